The van der Waals surface area contributed by atoms with Crippen LogP contribution in [0.25, 0.3) is 0 Å². The van der Waals surface area contributed by atoms with Gasteiger partial charge in [0.05, 0.1) is 12.2 Å². The molecule has 0 radical (unpaired) electrons. The highest BCUT2D eigenvalue weighted by atomic mass is 32.2. The lowest BCUT2D eigenvalue weighted by Crippen LogP contribution is -2.43. The molecule has 0 saturated carbocycles. The van der Waals surface area contributed by atoms with Crippen LogP contribution in [-0.2, 0) is 4.74 Å². The van der Waals surface area contributed by atoms with Crippen molar-refractivity contribution < 1.29 is 9.84 Å². The number of thioether (sulfide) groups is 1. The molecule has 0 fully saturated rings. The van der Waals surface area contributed by atoms with Crippen LogP contribution in [0.3, 0.4) is 0 Å². The van der Waals surface area contributed by atoms with Gasteiger partial charge in [0.25, 0.3) is 0 Å². The predicted molar refractivity (Wildman–Crippen MR) is 72.2 cm³/mol. The normalized spacial score (nSPS) is 16.1. The molecule has 0 aliphatic heterocycles. The highest BCUT2D eigenvalue weighted by Gasteiger charge is 2.21. The number of ether oxygens (including phenoxy) is 1. The first-order valence-corrected chi connectivity index (χ1v) is 7.25. The molecular formula is C12H27NO2S. The van der Waals surface area contributed by atoms with Crippen LogP contribution in [0.1, 0.15) is 33.6 Å². The highest BCUT2D eigenvalue weighted by molar-refractivity contribution is 7.98. The van der Waals surface area contributed by atoms with Crippen molar-refractivity contribution in [2.75, 3.05) is 25.7 Å². The second-order valence-electron chi connectivity index (χ2n) is 4.90. The Hall–Kier alpha value is 0.230. The fourth-order valence-corrected chi connectivity index (χ4v) is 2.29. The van der Waals surface area contributed by atoms with E-state index in [1.165, 1.54) is 0 Å². The van der Waals surface area contributed by atoms with E-state index >= 15 is 0 Å². The largest absolute Gasteiger partial charge is 0.395 e. The standard InChI is InChI=1S/C12H27NO2S/c1-10(8-12(2,3)15-4)13-11(9-14)6-7-16-5/h10-11,13-14H,6-9H2,1-5H3. The molecule has 0 aromatic rings. The number of nitrogens with one attached hydrogen (secondary N) is 1. The number of hydrogen-bond donors (Lipinski definition) is 2. The van der Waals surface area contributed by atoms with E-state index in [1.54, 1.807) is 7.11 Å². The molecule has 0 spiro atoms. The molecule has 0 saturated heterocycles. The molecule has 2 N–H and O–H groups in total. The Morgan fingerprint density at radius 1 is 1.44 bits per heavy atom. The van der Waals surface area contributed by atoms with Crippen molar-refractivity contribution in [2.45, 2.75) is 51.3 Å². The lowest BCUT2D eigenvalue weighted by molar-refractivity contribution is 0.00696. The minimum Gasteiger partial charge on any atom is -0.395 e. The summed E-state index contributed by atoms with van der Waals surface area (Å²) in [6, 6.07) is 0.559. The quantitative estimate of drug-likeness (QED) is 0.655. The number of aliphatic hydroxyl groups is 1. The summed E-state index contributed by atoms with van der Waals surface area (Å²) < 4.78 is 5.40. The van der Waals surface area contributed by atoms with Gasteiger partial charge in [-0.25, -0.2) is 0 Å². The van der Waals surface area contributed by atoms with Crippen LogP contribution in [0.5, 0.6) is 0 Å². The van der Waals surface area contributed by atoms with Crippen molar-refractivity contribution >= 4 is 11.8 Å². The Morgan fingerprint density at radius 2 is 2.06 bits per heavy atom. The van der Waals surface area contributed by atoms with Crippen molar-refractivity contribution in [3.8, 4) is 0 Å². The maximum absolute atomic E-state index is 9.25. The number of methoxy groups -OCH3 is 1. The van der Waals surface area contributed by atoms with Gasteiger partial charge in [0.15, 0.2) is 0 Å². The van der Waals surface area contributed by atoms with E-state index in [0.29, 0.717) is 6.04 Å². The minimum atomic E-state index is -0.105. The van der Waals surface area contributed by atoms with Gasteiger partial charge in [-0.2, -0.15) is 11.8 Å². The Bertz CT molecular complexity index is 176. The molecule has 0 aliphatic carbocycles. The van der Waals surface area contributed by atoms with E-state index in [0.717, 1.165) is 18.6 Å². The summed E-state index contributed by atoms with van der Waals surface area (Å²) in [6.45, 7) is 6.52. The van der Waals surface area contributed by atoms with Gasteiger partial charge in [0.1, 0.15) is 0 Å². The van der Waals surface area contributed by atoms with Gasteiger partial charge >= 0.3 is 0 Å². The van der Waals surface area contributed by atoms with Crippen LogP contribution in [0, 0.1) is 0 Å². The van der Waals surface area contributed by atoms with Crippen molar-refractivity contribution in [2.24, 2.45) is 0 Å². The van der Waals surface area contributed by atoms with Crippen LogP contribution in [0.2, 0.25) is 0 Å². The molecule has 0 aromatic carbocycles. The Balaban J connectivity index is 3.95. The molecule has 4 heteroatoms. The molecule has 16 heavy (non-hydrogen) atoms. The molecule has 0 heterocycles. The van der Waals surface area contributed by atoms with Crippen LogP contribution >= 0.6 is 11.8 Å². The third-order valence-corrected chi connectivity index (χ3v) is 3.41. The summed E-state index contributed by atoms with van der Waals surface area (Å²) in [5.74, 6) is 1.08. The number of aliphatic hydroxyl groups excluding tert-OH is 1. The van der Waals surface area contributed by atoms with Gasteiger partial charge in [-0.3, -0.25) is 0 Å². The van der Waals surface area contributed by atoms with E-state index in [2.05, 4.69) is 32.3 Å². The first kappa shape index (κ1) is 16.2. The van der Waals surface area contributed by atoms with Gasteiger partial charge in [-0.1, -0.05) is 0 Å². The van der Waals surface area contributed by atoms with Crippen LogP contribution in [-0.4, -0.2) is 48.5 Å². The van der Waals surface area contributed by atoms with Gasteiger partial charge in [-0.05, 0) is 45.6 Å². The smallest absolute Gasteiger partial charge is 0.0637 e. The number of rotatable bonds is 9. The van der Waals surface area contributed by atoms with E-state index in [-0.39, 0.29) is 18.2 Å². The zero-order valence-electron chi connectivity index (χ0n) is 11.2. The third kappa shape index (κ3) is 7.49. The Kier molecular flexibility index (Phi) is 8.46. The number of hydrogen-bond acceptors (Lipinski definition) is 4. The van der Waals surface area contributed by atoms with E-state index < -0.39 is 0 Å². The molecule has 98 valence electrons. The van der Waals surface area contributed by atoms with Gasteiger partial charge < -0.3 is 15.2 Å². The summed E-state index contributed by atoms with van der Waals surface area (Å²) in [4.78, 5) is 0. The predicted octanol–water partition coefficient (Wildman–Crippen LogP) is 1.89. The van der Waals surface area contributed by atoms with Crippen LogP contribution in [0.4, 0.5) is 0 Å². The maximum Gasteiger partial charge on any atom is 0.0637 e. The molecule has 2 unspecified atom stereocenters. The van der Waals surface area contributed by atoms with Crippen LogP contribution < -0.4 is 5.32 Å². The summed E-state index contributed by atoms with van der Waals surface area (Å²) in [6.07, 6.45) is 4.04. The van der Waals surface area contributed by atoms with E-state index in [1.807, 2.05) is 11.8 Å². The molecule has 2 atom stereocenters. The monoisotopic (exact) mass is 249 g/mol. The maximum atomic E-state index is 9.25. The van der Waals surface area contributed by atoms with Gasteiger partial charge in [0.2, 0.25) is 0 Å². The van der Waals surface area contributed by atoms with Crippen molar-refractivity contribution in [1.82, 2.24) is 5.32 Å². The average molecular weight is 249 g/mol. The first-order chi connectivity index (χ1) is 7.45. The van der Waals surface area contributed by atoms with Gasteiger partial charge in [-0.15, -0.1) is 0 Å². The molecule has 3 nitrogen and oxygen atoms in total. The second-order valence-corrected chi connectivity index (χ2v) is 5.88. The third-order valence-electron chi connectivity index (χ3n) is 2.76. The summed E-state index contributed by atoms with van der Waals surface area (Å²) in [5, 5.41) is 12.7. The fraction of sp³-hybridized carbons (Fsp3) is 1.00. The second kappa shape index (κ2) is 8.34. The molecule has 0 amide bonds. The lowest BCUT2D eigenvalue weighted by atomic mass is 9.99. The molecule has 0 aliphatic rings. The summed E-state index contributed by atoms with van der Waals surface area (Å²) in [5.41, 5.74) is -0.105. The average Bonchev–Trinajstić information content (AvgIpc) is 2.23. The molecule has 0 bridgehead atoms. The fourth-order valence-electron chi connectivity index (χ4n) is 1.77. The topological polar surface area (TPSA) is 41.5 Å². The molecule has 0 aromatic heterocycles. The molecule has 0 rings (SSSR count). The van der Waals surface area contributed by atoms with E-state index in [9.17, 15) is 5.11 Å². The zero-order valence-corrected chi connectivity index (χ0v) is 12.1. The SMILES string of the molecule is COC(C)(C)CC(C)NC(CO)CCSC. The molecular weight excluding hydrogens is 222 g/mol. The first-order valence-electron chi connectivity index (χ1n) is 5.86. The highest BCUT2D eigenvalue weighted by Crippen LogP contribution is 2.16. The van der Waals surface area contributed by atoms with Crippen molar-refractivity contribution in [3.63, 3.8) is 0 Å². The summed E-state index contributed by atoms with van der Waals surface area (Å²) >= 11 is 1.81. The van der Waals surface area contributed by atoms with Crippen LogP contribution in [0.15, 0.2) is 0 Å². The minimum absolute atomic E-state index is 0.105. The Labute approximate surface area is 104 Å². The van der Waals surface area contributed by atoms with Crippen molar-refractivity contribution in [1.29, 1.82) is 0 Å². The summed E-state index contributed by atoms with van der Waals surface area (Å²) in [7, 11) is 1.74. The van der Waals surface area contributed by atoms with Crippen molar-refractivity contribution in [3.05, 3.63) is 0 Å². The van der Waals surface area contributed by atoms with Gasteiger partial charge in [0, 0.05) is 19.2 Å². The zero-order chi connectivity index (χ0) is 12.6. The lowest BCUT2D eigenvalue weighted by Gasteiger charge is -2.29. The van der Waals surface area contributed by atoms with E-state index in [4.69, 9.17) is 4.74 Å². The Morgan fingerprint density at radius 3 is 2.50 bits per heavy atom.